The summed E-state index contributed by atoms with van der Waals surface area (Å²) in [5, 5.41) is 13.7. The van der Waals surface area contributed by atoms with E-state index in [9.17, 15) is 10.1 Å². The summed E-state index contributed by atoms with van der Waals surface area (Å²) in [6, 6.07) is 6.10. The maximum absolute atomic E-state index is 10.7. The minimum atomic E-state index is -0.516. The molecule has 0 bridgehead atoms. The number of methoxy groups -OCH3 is 1. The summed E-state index contributed by atoms with van der Waals surface area (Å²) in [6.45, 7) is 0.421. The predicted octanol–water partition coefficient (Wildman–Crippen LogP) is 1.59. The van der Waals surface area contributed by atoms with Crippen LogP contribution in [0.15, 0.2) is 30.5 Å². The van der Waals surface area contributed by atoms with Crippen LogP contribution in [0.25, 0.3) is 0 Å². The van der Waals surface area contributed by atoms with E-state index in [1.165, 1.54) is 19.2 Å². The molecule has 3 N–H and O–H groups in total. The van der Waals surface area contributed by atoms with E-state index in [0.29, 0.717) is 18.2 Å². The van der Waals surface area contributed by atoms with Crippen molar-refractivity contribution in [3.8, 4) is 5.88 Å². The SMILES string of the molecule is COc1ccc(CNc2cc([N+](=O)[O-])cc(N)n2)cn1. The number of nitrogens with two attached hydrogens (primary N) is 1. The largest absolute Gasteiger partial charge is 0.481 e. The minimum absolute atomic E-state index is 0.0922. The number of nitrogen functional groups attached to an aromatic ring is 1. The minimum Gasteiger partial charge on any atom is -0.481 e. The molecule has 2 aromatic rings. The van der Waals surface area contributed by atoms with Crippen LogP contribution in [0.3, 0.4) is 0 Å². The summed E-state index contributed by atoms with van der Waals surface area (Å²) in [7, 11) is 1.54. The molecule has 0 aliphatic heterocycles. The van der Waals surface area contributed by atoms with Gasteiger partial charge in [-0.1, -0.05) is 6.07 Å². The van der Waals surface area contributed by atoms with Crippen LogP contribution in [0.5, 0.6) is 5.88 Å². The lowest BCUT2D eigenvalue weighted by Gasteiger charge is -2.06. The molecule has 20 heavy (non-hydrogen) atoms. The van der Waals surface area contributed by atoms with Gasteiger partial charge >= 0.3 is 0 Å². The zero-order chi connectivity index (χ0) is 14.5. The second-order valence-corrected chi connectivity index (χ2v) is 3.95. The van der Waals surface area contributed by atoms with Crippen molar-refractivity contribution in [1.29, 1.82) is 0 Å². The highest BCUT2D eigenvalue weighted by atomic mass is 16.6. The van der Waals surface area contributed by atoms with E-state index < -0.39 is 4.92 Å². The smallest absolute Gasteiger partial charge is 0.276 e. The highest BCUT2D eigenvalue weighted by Crippen LogP contribution is 2.19. The van der Waals surface area contributed by atoms with Crippen molar-refractivity contribution in [2.24, 2.45) is 0 Å². The van der Waals surface area contributed by atoms with E-state index in [0.717, 1.165) is 5.56 Å². The van der Waals surface area contributed by atoms with Gasteiger partial charge in [0, 0.05) is 18.8 Å². The average molecular weight is 275 g/mol. The number of anilines is 2. The monoisotopic (exact) mass is 275 g/mol. The highest BCUT2D eigenvalue weighted by molar-refractivity contribution is 5.52. The molecule has 8 heteroatoms. The Labute approximate surface area is 114 Å². The maximum Gasteiger partial charge on any atom is 0.276 e. The van der Waals surface area contributed by atoms with E-state index in [4.69, 9.17) is 10.5 Å². The Morgan fingerprint density at radius 1 is 1.45 bits per heavy atom. The van der Waals surface area contributed by atoms with Gasteiger partial charge in [0.2, 0.25) is 5.88 Å². The maximum atomic E-state index is 10.7. The van der Waals surface area contributed by atoms with Crippen molar-refractivity contribution >= 4 is 17.3 Å². The summed E-state index contributed by atoms with van der Waals surface area (Å²) < 4.78 is 4.95. The Morgan fingerprint density at radius 2 is 2.25 bits per heavy atom. The normalized spacial score (nSPS) is 10.1. The Balaban J connectivity index is 2.08. The third-order valence-corrected chi connectivity index (χ3v) is 2.52. The van der Waals surface area contributed by atoms with E-state index in [2.05, 4.69) is 15.3 Å². The molecule has 0 unspecified atom stereocenters. The second kappa shape index (κ2) is 5.83. The van der Waals surface area contributed by atoms with E-state index >= 15 is 0 Å². The van der Waals surface area contributed by atoms with Crippen molar-refractivity contribution < 1.29 is 9.66 Å². The van der Waals surface area contributed by atoms with Crippen LogP contribution in [0.1, 0.15) is 5.56 Å². The summed E-state index contributed by atoms with van der Waals surface area (Å²) in [5.41, 5.74) is 6.30. The van der Waals surface area contributed by atoms with Gasteiger partial charge in [-0.25, -0.2) is 9.97 Å². The zero-order valence-electron chi connectivity index (χ0n) is 10.7. The molecule has 0 amide bonds. The first kappa shape index (κ1) is 13.5. The van der Waals surface area contributed by atoms with Gasteiger partial charge in [-0.15, -0.1) is 0 Å². The fourth-order valence-corrected chi connectivity index (χ4v) is 1.56. The van der Waals surface area contributed by atoms with Crippen LogP contribution < -0.4 is 15.8 Å². The Bertz CT molecular complexity index is 615. The van der Waals surface area contributed by atoms with Gasteiger partial charge in [-0.05, 0) is 5.56 Å². The van der Waals surface area contributed by atoms with Crippen LogP contribution in [-0.4, -0.2) is 22.0 Å². The number of rotatable bonds is 5. The quantitative estimate of drug-likeness (QED) is 0.628. The van der Waals surface area contributed by atoms with E-state index in [-0.39, 0.29) is 11.5 Å². The van der Waals surface area contributed by atoms with Crippen LogP contribution >= 0.6 is 0 Å². The fraction of sp³-hybridized carbons (Fsp3) is 0.167. The summed E-state index contributed by atoms with van der Waals surface area (Å²) >= 11 is 0. The molecule has 0 atom stereocenters. The molecular formula is C12H13N5O3. The molecular weight excluding hydrogens is 262 g/mol. The van der Waals surface area contributed by atoms with Crippen LogP contribution in [0.2, 0.25) is 0 Å². The third kappa shape index (κ3) is 3.31. The van der Waals surface area contributed by atoms with Crippen molar-refractivity contribution in [3.63, 3.8) is 0 Å². The van der Waals surface area contributed by atoms with Gasteiger partial charge in [-0.3, -0.25) is 10.1 Å². The number of aromatic nitrogens is 2. The zero-order valence-corrected chi connectivity index (χ0v) is 10.7. The molecule has 0 radical (unpaired) electrons. The lowest BCUT2D eigenvalue weighted by Crippen LogP contribution is -2.04. The average Bonchev–Trinajstić information content (AvgIpc) is 2.45. The van der Waals surface area contributed by atoms with Crippen LogP contribution in [0, 0.1) is 10.1 Å². The molecule has 8 nitrogen and oxygen atoms in total. The summed E-state index contributed by atoms with van der Waals surface area (Å²) in [4.78, 5) is 18.2. The van der Waals surface area contributed by atoms with Gasteiger partial charge < -0.3 is 15.8 Å². The number of hydrogen-bond donors (Lipinski definition) is 2. The molecule has 0 fully saturated rings. The van der Waals surface area contributed by atoms with Crippen molar-refractivity contribution in [3.05, 3.63) is 46.1 Å². The van der Waals surface area contributed by atoms with Crippen molar-refractivity contribution in [2.75, 3.05) is 18.2 Å². The standard InChI is InChI=1S/C12H13N5O3/c1-20-12-3-2-8(7-15-12)6-14-11-5-9(17(18)19)4-10(13)16-11/h2-5,7H,6H2,1H3,(H3,13,14,16). The molecule has 2 rings (SSSR count). The third-order valence-electron chi connectivity index (χ3n) is 2.52. The molecule has 0 saturated carbocycles. The Hall–Kier alpha value is -2.90. The Morgan fingerprint density at radius 3 is 2.85 bits per heavy atom. The first-order valence-corrected chi connectivity index (χ1v) is 5.73. The summed E-state index contributed by atoms with van der Waals surface area (Å²) in [5.74, 6) is 0.952. The molecule has 104 valence electrons. The number of nitrogens with zero attached hydrogens (tertiary/aromatic N) is 3. The van der Waals surface area contributed by atoms with E-state index in [1.54, 1.807) is 12.3 Å². The van der Waals surface area contributed by atoms with Gasteiger partial charge in [0.15, 0.2) is 0 Å². The lowest BCUT2D eigenvalue weighted by atomic mass is 10.3. The number of nitrogens with one attached hydrogen (secondary N) is 1. The number of pyridine rings is 2. The summed E-state index contributed by atoms with van der Waals surface area (Å²) in [6.07, 6.45) is 1.65. The molecule has 2 aromatic heterocycles. The van der Waals surface area contributed by atoms with Crippen LogP contribution in [-0.2, 0) is 6.54 Å². The first-order chi connectivity index (χ1) is 9.58. The van der Waals surface area contributed by atoms with Gasteiger partial charge in [0.05, 0.1) is 24.2 Å². The molecule has 2 heterocycles. The number of nitro groups is 1. The van der Waals surface area contributed by atoms with Crippen LogP contribution in [0.4, 0.5) is 17.3 Å². The highest BCUT2D eigenvalue weighted by Gasteiger charge is 2.09. The molecule has 0 aliphatic rings. The molecule has 0 aromatic carbocycles. The molecule has 0 spiro atoms. The lowest BCUT2D eigenvalue weighted by molar-refractivity contribution is -0.384. The topological polar surface area (TPSA) is 116 Å². The second-order valence-electron chi connectivity index (χ2n) is 3.95. The molecule has 0 aliphatic carbocycles. The Kier molecular flexibility index (Phi) is 3.94. The van der Waals surface area contributed by atoms with E-state index in [1.807, 2.05) is 6.07 Å². The number of hydrogen-bond acceptors (Lipinski definition) is 7. The number of ether oxygens (including phenoxy) is 1. The molecule has 0 saturated heterocycles. The van der Waals surface area contributed by atoms with Gasteiger partial charge in [-0.2, -0.15) is 0 Å². The van der Waals surface area contributed by atoms with Crippen molar-refractivity contribution in [1.82, 2.24) is 9.97 Å². The van der Waals surface area contributed by atoms with Crippen molar-refractivity contribution in [2.45, 2.75) is 6.54 Å². The fourth-order valence-electron chi connectivity index (χ4n) is 1.56. The van der Waals surface area contributed by atoms with Gasteiger partial charge in [0.1, 0.15) is 11.6 Å². The first-order valence-electron chi connectivity index (χ1n) is 5.73. The van der Waals surface area contributed by atoms with Gasteiger partial charge in [0.25, 0.3) is 5.69 Å². The predicted molar refractivity (Wildman–Crippen MR) is 73.4 cm³/mol.